The number of benzene rings is 2. The van der Waals surface area contributed by atoms with Crippen molar-refractivity contribution in [1.82, 2.24) is 0 Å². The molecule has 116 valence electrons. The molecule has 0 radical (unpaired) electrons. The molecule has 0 aliphatic carbocycles. The van der Waals surface area contributed by atoms with Gasteiger partial charge in [0.1, 0.15) is 0 Å². The summed E-state index contributed by atoms with van der Waals surface area (Å²) in [6, 6.07) is 15.6. The van der Waals surface area contributed by atoms with E-state index in [1.807, 2.05) is 69.3 Å². The van der Waals surface area contributed by atoms with Crippen LogP contribution in [0, 0.1) is 0 Å². The second kappa shape index (κ2) is 8.08. The van der Waals surface area contributed by atoms with Crippen LogP contribution < -0.4 is 14.9 Å². The average Bonchev–Trinajstić information content (AvgIpc) is 2.51. The van der Waals surface area contributed by atoms with Crippen LogP contribution in [0.15, 0.2) is 53.6 Å². The molecule has 0 heterocycles. The maximum absolute atomic E-state index is 5.74. The van der Waals surface area contributed by atoms with Crippen LogP contribution in [0.25, 0.3) is 0 Å². The van der Waals surface area contributed by atoms with Crippen molar-refractivity contribution < 1.29 is 9.47 Å². The minimum absolute atomic E-state index is 0.110. The Morgan fingerprint density at radius 2 is 1.86 bits per heavy atom. The van der Waals surface area contributed by atoms with E-state index in [2.05, 4.69) is 10.5 Å². The number of rotatable bonds is 7. The van der Waals surface area contributed by atoms with E-state index in [9.17, 15) is 0 Å². The van der Waals surface area contributed by atoms with E-state index in [-0.39, 0.29) is 6.10 Å². The standard InChI is InChI=1S/C18H22N2O2/c1-4-21-18-12-15(10-11-17(18)22-14(2)3)13-19-20-16-8-6-5-7-9-16/h5-14,20H,4H2,1-3H3. The molecule has 0 aliphatic heterocycles. The molecule has 0 atom stereocenters. The summed E-state index contributed by atoms with van der Waals surface area (Å²) in [6.07, 6.45) is 1.87. The molecular formula is C18H22N2O2. The highest BCUT2D eigenvalue weighted by molar-refractivity contribution is 5.81. The van der Waals surface area contributed by atoms with E-state index in [1.54, 1.807) is 6.21 Å². The number of nitrogens with zero attached hydrogens (tertiary/aromatic N) is 1. The van der Waals surface area contributed by atoms with Gasteiger partial charge in [-0.3, -0.25) is 5.43 Å². The second-order valence-electron chi connectivity index (χ2n) is 5.04. The highest BCUT2D eigenvalue weighted by atomic mass is 16.5. The predicted octanol–water partition coefficient (Wildman–Crippen LogP) is 4.32. The molecule has 0 unspecified atom stereocenters. The number of para-hydroxylation sites is 1. The Morgan fingerprint density at radius 1 is 1.09 bits per heavy atom. The van der Waals surface area contributed by atoms with Crippen molar-refractivity contribution >= 4 is 11.9 Å². The third-order valence-electron chi connectivity index (χ3n) is 2.81. The summed E-state index contributed by atoms with van der Waals surface area (Å²) in [5.74, 6) is 1.49. The molecule has 0 bridgehead atoms. The lowest BCUT2D eigenvalue weighted by molar-refractivity contribution is 0.224. The Hall–Kier alpha value is -2.49. The number of nitrogens with one attached hydrogen (secondary N) is 1. The highest BCUT2D eigenvalue weighted by Gasteiger charge is 2.07. The SMILES string of the molecule is CCOc1cc(C=NNc2ccccc2)ccc1OC(C)C. The van der Waals surface area contributed by atoms with Gasteiger partial charge in [0.05, 0.1) is 24.6 Å². The van der Waals surface area contributed by atoms with Gasteiger partial charge in [-0.05, 0) is 56.7 Å². The van der Waals surface area contributed by atoms with Crippen LogP contribution in [-0.2, 0) is 0 Å². The first-order valence-corrected chi connectivity index (χ1v) is 7.46. The van der Waals surface area contributed by atoms with E-state index in [0.717, 1.165) is 22.7 Å². The molecule has 0 aliphatic rings. The van der Waals surface area contributed by atoms with E-state index < -0.39 is 0 Å². The van der Waals surface area contributed by atoms with Crippen LogP contribution in [-0.4, -0.2) is 18.9 Å². The molecule has 2 aromatic carbocycles. The summed E-state index contributed by atoms with van der Waals surface area (Å²) in [6.45, 7) is 6.54. The zero-order valence-electron chi connectivity index (χ0n) is 13.2. The Kier molecular flexibility index (Phi) is 5.83. The van der Waals surface area contributed by atoms with Gasteiger partial charge in [-0.1, -0.05) is 18.2 Å². The van der Waals surface area contributed by atoms with Gasteiger partial charge < -0.3 is 9.47 Å². The number of anilines is 1. The summed E-state index contributed by atoms with van der Waals surface area (Å²) >= 11 is 0. The van der Waals surface area contributed by atoms with E-state index in [0.29, 0.717) is 6.61 Å². The van der Waals surface area contributed by atoms with Gasteiger partial charge >= 0.3 is 0 Å². The lowest BCUT2D eigenvalue weighted by Crippen LogP contribution is -2.07. The van der Waals surface area contributed by atoms with Gasteiger partial charge in [-0.25, -0.2) is 0 Å². The van der Waals surface area contributed by atoms with Crippen molar-refractivity contribution in [2.45, 2.75) is 26.9 Å². The first kappa shape index (κ1) is 15.9. The fourth-order valence-electron chi connectivity index (χ4n) is 1.92. The molecule has 1 N–H and O–H groups in total. The maximum atomic E-state index is 5.74. The van der Waals surface area contributed by atoms with Crippen LogP contribution in [0.5, 0.6) is 11.5 Å². The highest BCUT2D eigenvalue weighted by Crippen LogP contribution is 2.28. The third kappa shape index (κ3) is 4.81. The zero-order chi connectivity index (χ0) is 15.8. The number of hydrogen-bond donors (Lipinski definition) is 1. The summed E-state index contributed by atoms with van der Waals surface area (Å²) in [7, 11) is 0. The Bertz CT molecular complexity index is 610. The molecule has 4 nitrogen and oxygen atoms in total. The van der Waals surface area contributed by atoms with Crippen LogP contribution in [0.3, 0.4) is 0 Å². The first-order chi connectivity index (χ1) is 10.7. The lowest BCUT2D eigenvalue weighted by Gasteiger charge is -2.14. The third-order valence-corrected chi connectivity index (χ3v) is 2.81. The number of ether oxygens (including phenoxy) is 2. The van der Waals surface area contributed by atoms with E-state index in [4.69, 9.17) is 9.47 Å². The summed E-state index contributed by atoms with van der Waals surface area (Å²) < 4.78 is 11.4. The van der Waals surface area contributed by atoms with Gasteiger partial charge in [0, 0.05) is 0 Å². The molecule has 0 aromatic heterocycles. The number of hydrogen-bond acceptors (Lipinski definition) is 4. The fourth-order valence-corrected chi connectivity index (χ4v) is 1.92. The fraction of sp³-hybridized carbons (Fsp3) is 0.278. The molecule has 2 aromatic rings. The van der Waals surface area contributed by atoms with Gasteiger partial charge in [-0.15, -0.1) is 0 Å². The van der Waals surface area contributed by atoms with Gasteiger partial charge in [0.25, 0.3) is 0 Å². The van der Waals surface area contributed by atoms with Crippen molar-refractivity contribution in [3.8, 4) is 11.5 Å². The molecule has 0 saturated carbocycles. The van der Waals surface area contributed by atoms with Crippen LogP contribution >= 0.6 is 0 Å². The van der Waals surface area contributed by atoms with Gasteiger partial charge in [0.15, 0.2) is 11.5 Å². The summed E-state index contributed by atoms with van der Waals surface area (Å²) in [5, 5.41) is 4.23. The molecular weight excluding hydrogens is 276 g/mol. The smallest absolute Gasteiger partial charge is 0.161 e. The average molecular weight is 298 g/mol. The molecule has 0 fully saturated rings. The topological polar surface area (TPSA) is 42.8 Å². The Labute approximate surface area is 131 Å². The largest absolute Gasteiger partial charge is 0.490 e. The second-order valence-corrected chi connectivity index (χ2v) is 5.04. The molecule has 0 saturated heterocycles. The van der Waals surface area contributed by atoms with Gasteiger partial charge in [0.2, 0.25) is 0 Å². The summed E-state index contributed by atoms with van der Waals surface area (Å²) in [5.41, 5.74) is 4.88. The minimum atomic E-state index is 0.110. The summed E-state index contributed by atoms with van der Waals surface area (Å²) in [4.78, 5) is 0. The predicted molar refractivity (Wildman–Crippen MR) is 91.0 cm³/mol. The molecule has 2 rings (SSSR count). The van der Waals surface area contributed by atoms with Crippen LogP contribution in [0.4, 0.5) is 5.69 Å². The normalized spacial score (nSPS) is 10.9. The number of hydrazone groups is 1. The molecule has 22 heavy (non-hydrogen) atoms. The van der Waals surface area contributed by atoms with Crippen LogP contribution in [0.2, 0.25) is 0 Å². The minimum Gasteiger partial charge on any atom is -0.490 e. The molecule has 0 amide bonds. The monoisotopic (exact) mass is 298 g/mol. The maximum Gasteiger partial charge on any atom is 0.161 e. The zero-order valence-corrected chi connectivity index (χ0v) is 13.2. The van der Waals surface area contributed by atoms with Crippen LogP contribution in [0.1, 0.15) is 26.3 Å². The molecule has 0 spiro atoms. The van der Waals surface area contributed by atoms with Crippen molar-refractivity contribution in [2.75, 3.05) is 12.0 Å². The van der Waals surface area contributed by atoms with Gasteiger partial charge in [-0.2, -0.15) is 5.10 Å². The van der Waals surface area contributed by atoms with Crippen molar-refractivity contribution in [1.29, 1.82) is 0 Å². The van der Waals surface area contributed by atoms with Crippen molar-refractivity contribution in [2.24, 2.45) is 5.10 Å². The lowest BCUT2D eigenvalue weighted by atomic mass is 10.2. The Balaban J connectivity index is 2.09. The van der Waals surface area contributed by atoms with Crippen molar-refractivity contribution in [3.63, 3.8) is 0 Å². The van der Waals surface area contributed by atoms with E-state index in [1.165, 1.54) is 0 Å². The first-order valence-electron chi connectivity index (χ1n) is 7.46. The Morgan fingerprint density at radius 3 is 2.55 bits per heavy atom. The van der Waals surface area contributed by atoms with Crippen molar-refractivity contribution in [3.05, 3.63) is 54.1 Å². The molecule has 4 heteroatoms. The van der Waals surface area contributed by atoms with E-state index >= 15 is 0 Å². The quantitative estimate of drug-likeness (QED) is 0.611.